The highest BCUT2D eigenvalue weighted by atomic mass is 32.2. The number of imide groups is 1. The number of nitrogen functional groups attached to an aromatic ring is 1. The topological polar surface area (TPSA) is 122 Å². The molecule has 1 saturated heterocycles. The molecule has 0 atom stereocenters. The van der Waals surface area contributed by atoms with Gasteiger partial charge < -0.3 is 16.4 Å². The normalized spacial score (nSPS) is 14.0. The van der Waals surface area contributed by atoms with E-state index in [0.29, 0.717) is 11.4 Å². The molecule has 1 aliphatic rings. The number of anilines is 2. The second-order valence-corrected chi connectivity index (χ2v) is 5.83. The lowest BCUT2D eigenvalue weighted by atomic mass is 10.2. The van der Waals surface area contributed by atoms with Gasteiger partial charge in [0.2, 0.25) is 5.91 Å². The van der Waals surface area contributed by atoms with Gasteiger partial charge in [-0.25, -0.2) is 0 Å². The van der Waals surface area contributed by atoms with Crippen LogP contribution in [0.2, 0.25) is 0 Å². The average Bonchev–Trinajstić information content (AvgIpc) is 2.81. The van der Waals surface area contributed by atoms with Crippen LogP contribution in [0.15, 0.2) is 18.2 Å². The third kappa shape index (κ3) is 4.22. The van der Waals surface area contributed by atoms with Crippen molar-refractivity contribution < 1.29 is 19.2 Å². The minimum atomic E-state index is -0.867. The zero-order valence-electron chi connectivity index (χ0n) is 12.4. The number of hydrogen-bond acceptors (Lipinski definition) is 6. The monoisotopic (exact) mass is 336 g/mol. The molecule has 1 fully saturated rings. The minimum absolute atomic E-state index is 0.00761. The Hall–Kier alpha value is -2.55. The number of hydrogen-bond donors (Lipinski definition) is 3. The van der Waals surface area contributed by atoms with Crippen LogP contribution in [0.5, 0.6) is 0 Å². The van der Waals surface area contributed by atoms with Crippen LogP contribution < -0.4 is 16.4 Å². The van der Waals surface area contributed by atoms with Crippen molar-refractivity contribution in [3.05, 3.63) is 23.8 Å². The SMILES string of the molecule is Cc1ccc(NC(=O)C(=O)NCCN2C(=O)CSC2=O)c(N)c1. The van der Waals surface area contributed by atoms with Crippen LogP contribution in [-0.2, 0) is 14.4 Å². The molecule has 122 valence electrons. The Morgan fingerprint density at radius 3 is 2.65 bits per heavy atom. The number of rotatable bonds is 4. The first-order chi connectivity index (χ1) is 10.9. The molecule has 1 aliphatic heterocycles. The van der Waals surface area contributed by atoms with Crippen molar-refractivity contribution in [2.45, 2.75) is 6.92 Å². The summed E-state index contributed by atoms with van der Waals surface area (Å²) in [5.74, 6) is -1.92. The van der Waals surface area contributed by atoms with E-state index in [2.05, 4.69) is 10.6 Å². The zero-order valence-corrected chi connectivity index (χ0v) is 13.2. The standard InChI is InChI=1S/C14H16N4O4S/c1-8-2-3-10(9(15)6-8)17-13(21)12(20)16-4-5-18-11(19)7-23-14(18)22/h2-3,6H,4-5,7,15H2,1H3,(H,16,20)(H,17,21). The van der Waals surface area contributed by atoms with Gasteiger partial charge in [0.1, 0.15) is 0 Å². The van der Waals surface area contributed by atoms with Crippen molar-refractivity contribution in [1.29, 1.82) is 0 Å². The highest BCUT2D eigenvalue weighted by molar-refractivity contribution is 8.14. The van der Waals surface area contributed by atoms with E-state index in [1.165, 1.54) is 0 Å². The summed E-state index contributed by atoms with van der Waals surface area (Å²) in [5.41, 5.74) is 7.39. The fourth-order valence-electron chi connectivity index (χ4n) is 1.93. The van der Waals surface area contributed by atoms with Crippen LogP contribution in [-0.4, -0.2) is 46.7 Å². The molecule has 1 heterocycles. The van der Waals surface area contributed by atoms with Gasteiger partial charge in [-0.05, 0) is 24.6 Å². The highest BCUT2D eigenvalue weighted by Gasteiger charge is 2.29. The number of nitrogens with one attached hydrogen (secondary N) is 2. The Bertz CT molecular complexity index is 661. The van der Waals surface area contributed by atoms with E-state index in [4.69, 9.17) is 5.73 Å². The van der Waals surface area contributed by atoms with Crippen molar-refractivity contribution in [3.63, 3.8) is 0 Å². The molecule has 23 heavy (non-hydrogen) atoms. The Kier molecular flexibility index (Phi) is 5.22. The predicted molar refractivity (Wildman–Crippen MR) is 86.8 cm³/mol. The van der Waals surface area contributed by atoms with Crippen molar-refractivity contribution >= 4 is 46.1 Å². The first-order valence-corrected chi connectivity index (χ1v) is 7.79. The summed E-state index contributed by atoms with van der Waals surface area (Å²) < 4.78 is 0. The van der Waals surface area contributed by atoms with Gasteiger partial charge in [-0.3, -0.25) is 24.1 Å². The lowest BCUT2D eigenvalue weighted by molar-refractivity contribution is -0.136. The van der Waals surface area contributed by atoms with Crippen LogP contribution in [0, 0.1) is 6.92 Å². The first kappa shape index (κ1) is 16.8. The number of benzene rings is 1. The Morgan fingerprint density at radius 1 is 1.30 bits per heavy atom. The first-order valence-electron chi connectivity index (χ1n) is 6.81. The fourth-order valence-corrected chi connectivity index (χ4v) is 2.69. The fraction of sp³-hybridized carbons (Fsp3) is 0.286. The number of nitrogens with two attached hydrogens (primary N) is 1. The summed E-state index contributed by atoms with van der Waals surface area (Å²) in [6, 6.07) is 5.04. The second kappa shape index (κ2) is 7.14. The van der Waals surface area contributed by atoms with Crippen LogP contribution in [0.1, 0.15) is 5.56 Å². The molecule has 1 aromatic carbocycles. The van der Waals surface area contributed by atoms with Gasteiger partial charge >= 0.3 is 11.8 Å². The van der Waals surface area contributed by atoms with Crippen LogP contribution in [0.25, 0.3) is 0 Å². The molecule has 4 amide bonds. The number of carbonyl (C=O) groups is 4. The van der Waals surface area contributed by atoms with Gasteiger partial charge in [0.25, 0.3) is 5.24 Å². The smallest absolute Gasteiger partial charge is 0.313 e. The molecule has 8 nitrogen and oxygen atoms in total. The van der Waals surface area contributed by atoms with Crippen LogP contribution >= 0.6 is 11.8 Å². The zero-order chi connectivity index (χ0) is 17.0. The summed E-state index contributed by atoms with van der Waals surface area (Å²) in [6.07, 6.45) is 0. The van der Waals surface area contributed by atoms with E-state index >= 15 is 0 Å². The third-order valence-electron chi connectivity index (χ3n) is 3.12. The molecule has 0 aromatic heterocycles. The minimum Gasteiger partial charge on any atom is -0.397 e. The Morgan fingerprint density at radius 2 is 2.04 bits per heavy atom. The molecule has 2 rings (SSSR count). The largest absolute Gasteiger partial charge is 0.397 e. The van der Waals surface area contributed by atoms with Gasteiger partial charge in [-0.2, -0.15) is 0 Å². The molecule has 4 N–H and O–H groups in total. The molecule has 0 bridgehead atoms. The molecular weight excluding hydrogens is 320 g/mol. The van der Waals surface area contributed by atoms with Crippen LogP contribution in [0.3, 0.4) is 0 Å². The predicted octanol–water partition coefficient (Wildman–Crippen LogP) is 0.327. The molecule has 1 aromatic rings. The Labute approximate surface area is 136 Å². The maximum Gasteiger partial charge on any atom is 0.313 e. The van der Waals surface area contributed by atoms with Crippen molar-refractivity contribution in [2.75, 3.05) is 29.9 Å². The van der Waals surface area contributed by atoms with Gasteiger partial charge in [-0.15, -0.1) is 0 Å². The number of carbonyl (C=O) groups excluding carboxylic acids is 4. The van der Waals surface area contributed by atoms with E-state index in [0.717, 1.165) is 22.2 Å². The highest BCUT2D eigenvalue weighted by Crippen LogP contribution is 2.19. The molecule has 0 spiro atoms. The van der Waals surface area contributed by atoms with E-state index in [-0.39, 0.29) is 30.0 Å². The van der Waals surface area contributed by atoms with Gasteiger partial charge in [0.05, 0.1) is 17.1 Å². The molecule has 0 saturated carbocycles. The van der Waals surface area contributed by atoms with Crippen molar-refractivity contribution in [3.8, 4) is 0 Å². The van der Waals surface area contributed by atoms with Crippen molar-refractivity contribution in [1.82, 2.24) is 10.2 Å². The summed E-state index contributed by atoms with van der Waals surface area (Å²) in [6.45, 7) is 1.90. The maximum atomic E-state index is 11.8. The molecular formula is C14H16N4O4S. The molecule has 9 heteroatoms. The molecule has 0 unspecified atom stereocenters. The van der Waals surface area contributed by atoms with E-state index in [1.54, 1.807) is 18.2 Å². The maximum absolute atomic E-state index is 11.8. The lowest BCUT2D eigenvalue weighted by Crippen LogP contribution is -2.41. The average molecular weight is 336 g/mol. The summed E-state index contributed by atoms with van der Waals surface area (Å²) in [5, 5.41) is 4.41. The van der Waals surface area contributed by atoms with Crippen LogP contribution in [0.4, 0.5) is 16.2 Å². The van der Waals surface area contributed by atoms with Gasteiger partial charge in [0.15, 0.2) is 0 Å². The summed E-state index contributed by atoms with van der Waals surface area (Å²) in [4.78, 5) is 47.3. The van der Waals surface area contributed by atoms with E-state index in [1.807, 2.05) is 6.92 Å². The van der Waals surface area contributed by atoms with E-state index < -0.39 is 11.8 Å². The lowest BCUT2D eigenvalue weighted by Gasteiger charge is -2.13. The third-order valence-corrected chi connectivity index (χ3v) is 3.98. The molecule has 0 aliphatic carbocycles. The van der Waals surface area contributed by atoms with Gasteiger partial charge in [-0.1, -0.05) is 17.8 Å². The summed E-state index contributed by atoms with van der Waals surface area (Å²) >= 11 is 0.915. The number of thioether (sulfide) groups is 1. The molecule has 0 radical (unpaired) electrons. The van der Waals surface area contributed by atoms with Crippen molar-refractivity contribution in [2.24, 2.45) is 0 Å². The van der Waals surface area contributed by atoms with E-state index in [9.17, 15) is 19.2 Å². The Balaban J connectivity index is 1.82. The number of nitrogens with zero attached hydrogens (tertiary/aromatic N) is 1. The number of amides is 4. The summed E-state index contributed by atoms with van der Waals surface area (Å²) in [7, 11) is 0. The second-order valence-electron chi connectivity index (χ2n) is 4.90. The quantitative estimate of drug-likeness (QED) is 0.538. The number of aryl methyl sites for hydroxylation is 1. The van der Waals surface area contributed by atoms with Gasteiger partial charge in [0, 0.05) is 13.1 Å².